The summed E-state index contributed by atoms with van der Waals surface area (Å²) in [5.74, 6) is -2.93. The molecule has 3 heterocycles. The molecule has 9 heteroatoms. The predicted molar refractivity (Wildman–Crippen MR) is 104 cm³/mol. The Bertz CT molecular complexity index is 972. The van der Waals surface area contributed by atoms with E-state index in [2.05, 4.69) is 15.4 Å². The van der Waals surface area contributed by atoms with Gasteiger partial charge in [0.15, 0.2) is 5.65 Å². The number of aliphatic hydroxyl groups is 1. The summed E-state index contributed by atoms with van der Waals surface area (Å²) in [6.45, 7) is 2.01. The maximum atomic E-state index is 14.3. The van der Waals surface area contributed by atoms with Crippen LogP contribution in [0.1, 0.15) is 42.2 Å². The molecule has 1 aliphatic carbocycles. The van der Waals surface area contributed by atoms with Crippen molar-refractivity contribution in [1.82, 2.24) is 19.9 Å². The first-order chi connectivity index (χ1) is 13.4. The molecule has 0 amide bonds. The molecule has 150 valence electrons. The van der Waals surface area contributed by atoms with Gasteiger partial charge in [-0.3, -0.25) is 5.32 Å². The van der Waals surface area contributed by atoms with Crippen LogP contribution in [0, 0.1) is 0 Å². The molecule has 0 aliphatic heterocycles. The Morgan fingerprint density at radius 2 is 2.32 bits per heavy atom. The zero-order valence-corrected chi connectivity index (χ0v) is 16.3. The van der Waals surface area contributed by atoms with E-state index in [1.807, 2.05) is 25.1 Å². The summed E-state index contributed by atoms with van der Waals surface area (Å²) in [4.78, 5) is 5.96. The van der Waals surface area contributed by atoms with Crippen LogP contribution >= 0.6 is 11.3 Å². The standard InChI is InChI=1S/C19H23F2N5OS/c1-2-14-11(13-10-23-16-6-4-8-24-26(13)16)9-15(28-14)18(27)25-17-12(22)5-3-7-19(17,20)21/h4,6,8-10,12,17-18,25,27H,2-3,5,7,22H2,1H3. The largest absolute Gasteiger partial charge is 0.373 e. The lowest BCUT2D eigenvalue weighted by molar-refractivity contribution is -0.0853. The molecule has 0 saturated heterocycles. The smallest absolute Gasteiger partial charge is 0.264 e. The first-order valence-electron chi connectivity index (χ1n) is 9.40. The van der Waals surface area contributed by atoms with Gasteiger partial charge in [0.25, 0.3) is 5.92 Å². The van der Waals surface area contributed by atoms with Crippen molar-refractivity contribution in [2.24, 2.45) is 5.73 Å². The second kappa shape index (κ2) is 7.47. The molecule has 28 heavy (non-hydrogen) atoms. The van der Waals surface area contributed by atoms with Crippen molar-refractivity contribution in [3.63, 3.8) is 0 Å². The Labute approximate surface area is 165 Å². The van der Waals surface area contributed by atoms with Gasteiger partial charge in [-0.05, 0) is 37.5 Å². The number of imidazole rings is 1. The zero-order valence-electron chi connectivity index (χ0n) is 15.5. The van der Waals surface area contributed by atoms with Crippen LogP contribution in [-0.2, 0) is 6.42 Å². The van der Waals surface area contributed by atoms with Gasteiger partial charge in [0.2, 0.25) is 0 Å². The van der Waals surface area contributed by atoms with Gasteiger partial charge in [0, 0.05) is 34.0 Å². The summed E-state index contributed by atoms with van der Waals surface area (Å²) in [7, 11) is 0. The summed E-state index contributed by atoms with van der Waals surface area (Å²) < 4.78 is 30.3. The third kappa shape index (κ3) is 3.43. The molecule has 0 aromatic carbocycles. The Morgan fingerprint density at radius 3 is 3.07 bits per heavy atom. The van der Waals surface area contributed by atoms with Crippen LogP contribution in [0.15, 0.2) is 30.6 Å². The van der Waals surface area contributed by atoms with Crippen molar-refractivity contribution in [2.75, 3.05) is 0 Å². The fourth-order valence-electron chi connectivity index (χ4n) is 3.78. The van der Waals surface area contributed by atoms with Crippen LogP contribution in [0.4, 0.5) is 8.78 Å². The molecule has 1 aliphatic rings. The summed E-state index contributed by atoms with van der Waals surface area (Å²) >= 11 is 1.40. The lowest BCUT2D eigenvalue weighted by atomic mass is 9.87. The highest BCUT2D eigenvalue weighted by atomic mass is 32.1. The molecular formula is C19H23F2N5OS. The van der Waals surface area contributed by atoms with Crippen LogP contribution in [0.3, 0.4) is 0 Å². The van der Waals surface area contributed by atoms with Gasteiger partial charge in [-0.2, -0.15) is 5.10 Å². The highest BCUT2D eigenvalue weighted by Gasteiger charge is 2.46. The molecule has 1 fully saturated rings. The maximum absolute atomic E-state index is 14.3. The fraction of sp³-hybridized carbons (Fsp3) is 0.474. The summed E-state index contributed by atoms with van der Waals surface area (Å²) in [5, 5.41) is 17.6. The van der Waals surface area contributed by atoms with Gasteiger partial charge in [-0.25, -0.2) is 18.3 Å². The van der Waals surface area contributed by atoms with E-state index in [0.717, 1.165) is 28.2 Å². The molecule has 4 rings (SSSR count). The number of aliphatic hydroxyl groups excluding tert-OH is 1. The molecule has 3 atom stereocenters. The van der Waals surface area contributed by atoms with E-state index in [1.165, 1.54) is 11.3 Å². The van der Waals surface area contributed by atoms with E-state index < -0.39 is 24.2 Å². The minimum absolute atomic E-state index is 0.214. The number of nitrogens with zero attached hydrogens (tertiary/aromatic N) is 3. The predicted octanol–water partition coefficient (Wildman–Crippen LogP) is 3.12. The number of hydrogen-bond donors (Lipinski definition) is 3. The third-order valence-electron chi connectivity index (χ3n) is 5.24. The molecular weight excluding hydrogens is 384 g/mol. The molecule has 0 spiro atoms. The summed E-state index contributed by atoms with van der Waals surface area (Å²) in [6, 6.07) is 3.56. The number of aromatic nitrogens is 3. The van der Waals surface area contributed by atoms with Crippen LogP contribution < -0.4 is 11.1 Å². The molecule has 3 unspecified atom stereocenters. The van der Waals surface area contributed by atoms with Crippen LogP contribution in [0.5, 0.6) is 0 Å². The van der Waals surface area contributed by atoms with Crippen molar-refractivity contribution < 1.29 is 13.9 Å². The van der Waals surface area contributed by atoms with Gasteiger partial charge >= 0.3 is 0 Å². The number of halogens is 2. The SMILES string of the molecule is CCc1sc(C(O)NC2C(N)CCCC2(F)F)cc1-c1cnc2cccnn12. The number of nitrogens with one attached hydrogen (secondary N) is 1. The Kier molecular flexibility index (Phi) is 5.17. The lowest BCUT2D eigenvalue weighted by Crippen LogP contribution is -2.58. The van der Waals surface area contributed by atoms with Crippen molar-refractivity contribution in [3.05, 3.63) is 40.3 Å². The van der Waals surface area contributed by atoms with E-state index in [4.69, 9.17) is 5.73 Å². The first-order valence-corrected chi connectivity index (χ1v) is 10.2. The van der Waals surface area contributed by atoms with E-state index >= 15 is 0 Å². The number of thiophene rings is 1. The number of fused-ring (bicyclic) bond motifs is 1. The molecule has 6 nitrogen and oxygen atoms in total. The van der Waals surface area contributed by atoms with Crippen molar-refractivity contribution in [3.8, 4) is 11.3 Å². The van der Waals surface area contributed by atoms with Gasteiger partial charge in [-0.1, -0.05) is 6.92 Å². The second-order valence-electron chi connectivity index (χ2n) is 7.14. The topological polar surface area (TPSA) is 88.5 Å². The molecule has 3 aromatic heterocycles. The highest BCUT2D eigenvalue weighted by molar-refractivity contribution is 7.12. The minimum Gasteiger partial charge on any atom is -0.373 e. The van der Waals surface area contributed by atoms with E-state index in [1.54, 1.807) is 16.9 Å². The maximum Gasteiger partial charge on any atom is 0.264 e. The van der Waals surface area contributed by atoms with Crippen molar-refractivity contribution in [1.29, 1.82) is 0 Å². The normalized spacial score (nSPS) is 23.2. The van der Waals surface area contributed by atoms with Crippen molar-refractivity contribution in [2.45, 2.75) is 56.8 Å². The molecule has 4 N–H and O–H groups in total. The van der Waals surface area contributed by atoms with Gasteiger partial charge in [-0.15, -0.1) is 11.3 Å². The van der Waals surface area contributed by atoms with Crippen molar-refractivity contribution >= 4 is 17.0 Å². The van der Waals surface area contributed by atoms with Crippen LogP contribution in [-0.4, -0.2) is 37.7 Å². The number of hydrogen-bond acceptors (Lipinski definition) is 6. The third-order valence-corrected chi connectivity index (χ3v) is 6.57. The fourth-order valence-corrected chi connectivity index (χ4v) is 4.84. The molecule has 3 aromatic rings. The van der Waals surface area contributed by atoms with E-state index in [0.29, 0.717) is 17.7 Å². The van der Waals surface area contributed by atoms with Gasteiger partial charge in [0.1, 0.15) is 6.23 Å². The number of alkyl halides is 2. The lowest BCUT2D eigenvalue weighted by Gasteiger charge is -2.37. The number of aryl methyl sites for hydroxylation is 1. The van der Waals surface area contributed by atoms with Crippen LogP contribution in [0.25, 0.3) is 16.9 Å². The quantitative estimate of drug-likeness (QED) is 0.566. The second-order valence-corrected chi connectivity index (χ2v) is 8.31. The average molecular weight is 407 g/mol. The van der Waals surface area contributed by atoms with E-state index in [-0.39, 0.29) is 6.42 Å². The minimum atomic E-state index is -2.93. The van der Waals surface area contributed by atoms with Gasteiger partial charge < -0.3 is 10.8 Å². The number of rotatable bonds is 5. The monoisotopic (exact) mass is 407 g/mol. The first kappa shape index (κ1) is 19.4. The Hall–Kier alpha value is -1.94. The Morgan fingerprint density at radius 1 is 1.50 bits per heavy atom. The zero-order chi connectivity index (χ0) is 19.9. The number of nitrogens with two attached hydrogens (primary N) is 1. The van der Waals surface area contributed by atoms with Gasteiger partial charge in [0.05, 0.1) is 17.9 Å². The van der Waals surface area contributed by atoms with Crippen LogP contribution in [0.2, 0.25) is 0 Å². The summed E-state index contributed by atoms with van der Waals surface area (Å²) in [6.07, 6.45) is 3.64. The average Bonchev–Trinajstić information content (AvgIpc) is 3.28. The molecule has 1 saturated carbocycles. The summed E-state index contributed by atoms with van der Waals surface area (Å²) in [5.41, 5.74) is 8.34. The highest BCUT2D eigenvalue weighted by Crippen LogP contribution is 2.37. The Balaban J connectivity index is 1.64. The molecule has 0 radical (unpaired) electrons. The van der Waals surface area contributed by atoms with E-state index in [9.17, 15) is 13.9 Å². The molecule has 0 bridgehead atoms.